The van der Waals surface area contributed by atoms with Gasteiger partial charge in [0.05, 0.1) is 28.3 Å². The van der Waals surface area contributed by atoms with Crippen molar-refractivity contribution < 1.29 is 9.72 Å². The SMILES string of the molecule is O=C(CSc1nc(-c2ccccc2)c(-c2ccccc2)[nH]1)N/N=C/c1cccc([N+](=O)[O-])c1. The smallest absolute Gasteiger partial charge is 0.270 e. The number of carbonyl (C=O) groups excluding carboxylic acids is 1. The van der Waals surface area contributed by atoms with Crippen LogP contribution in [0.4, 0.5) is 5.69 Å². The van der Waals surface area contributed by atoms with Gasteiger partial charge >= 0.3 is 0 Å². The number of benzene rings is 3. The van der Waals surface area contributed by atoms with Gasteiger partial charge in [0.1, 0.15) is 0 Å². The van der Waals surface area contributed by atoms with Crippen LogP contribution in [0.2, 0.25) is 0 Å². The van der Waals surface area contributed by atoms with Crippen LogP contribution < -0.4 is 5.43 Å². The number of carbonyl (C=O) groups is 1. The van der Waals surface area contributed by atoms with Crippen LogP contribution in [0.15, 0.2) is 95.2 Å². The monoisotopic (exact) mass is 457 g/mol. The van der Waals surface area contributed by atoms with Crippen molar-refractivity contribution in [3.05, 3.63) is 101 Å². The van der Waals surface area contributed by atoms with E-state index in [1.54, 1.807) is 12.1 Å². The quantitative estimate of drug-likeness (QED) is 0.169. The Morgan fingerprint density at radius 1 is 1.03 bits per heavy atom. The Hall–Kier alpha value is -4.24. The van der Waals surface area contributed by atoms with E-state index in [0.717, 1.165) is 22.5 Å². The first kappa shape index (κ1) is 22.0. The molecule has 4 aromatic rings. The van der Waals surface area contributed by atoms with Crippen LogP contribution in [-0.2, 0) is 4.79 Å². The largest absolute Gasteiger partial charge is 0.332 e. The maximum Gasteiger partial charge on any atom is 0.270 e. The molecule has 0 fully saturated rings. The molecule has 0 saturated carbocycles. The van der Waals surface area contributed by atoms with Crippen molar-refractivity contribution in [2.45, 2.75) is 5.16 Å². The van der Waals surface area contributed by atoms with Crippen LogP contribution in [0.25, 0.3) is 22.5 Å². The fraction of sp³-hybridized carbons (Fsp3) is 0.0417. The lowest BCUT2D eigenvalue weighted by Gasteiger charge is -2.02. The number of aromatic amines is 1. The molecule has 164 valence electrons. The van der Waals surface area contributed by atoms with Gasteiger partial charge in [-0.05, 0) is 0 Å². The third-order valence-corrected chi connectivity index (χ3v) is 5.49. The fourth-order valence-corrected chi connectivity index (χ4v) is 3.76. The van der Waals surface area contributed by atoms with Gasteiger partial charge in [0.25, 0.3) is 11.6 Å². The van der Waals surface area contributed by atoms with E-state index in [4.69, 9.17) is 4.98 Å². The zero-order valence-electron chi connectivity index (χ0n) is 17.3. The highest BCUT2D eigenvalue weighted by Gasteiger charge is 2.15. The van der Waals surface area contributed by atoms with E-state index in [1.165, 1.54) is 30.1 Å². The van der Waals surface area contributed by atoms with Gasteiger partial charge in [-0.3, -0.25) is 14.9 Å². The maximum atomic E-state index is 12.2. The van der Waals surface area contributed by atoms with Gasteiger partial charge in [0.15, 0.2) is 5.16 Å². The van der Waals surface area contributed by atoms with Crippen molar-refractivity contribution in [3.8, 4) is 22.5 Å². The number of imidazole rings is 1. The van der Waals surface area contributed by atoms with Crippen molar-refractivity contribution in [2.24, 2.45) is 5.10 Å². The van der Waals surface area contributed by atoms with Crippen molar-refractivity contribution in [1.29, 1.82) is 0 Å². The zero-order chi connectivity index (χ0) is 23.0. The summed E-state index contributed by atoms with van der Waals surface area (Å²) < 4.78 is 0. The number of hydrazone groups is 1. The lowest BCUT2D eigenvalue weighted by molar-refractivity contribution is -0.384. The number of thioether (sulfide) groups is 1. The molecule has 0 unspecified atom stereocenters. The first-order valence-corrected chi connectivity index (χ1v) is 11.0. The number of nitrogens with zero attached hydrogens (tertiary/aromatic N) is 3. The molecule has 2 N–H and O–H groups in total. The number of hydrogen-bond donors (Lipinski definition) is 2. The summed E-state index contributed by atoms with van der Waals surface area (Å²) >= 11 is 1.26. The molecule has 9 heteroatoms. The Morgan fingerprint density at radius 3 is 2.42 bits per heavy atom. The van der Waals surface area contributed by atoms with Crippen LogP contribution in [0.3, 0.4) is 0 Å². The third-order valence-electron chi connectivity index (χ3n) is 4.62. The number of nitro benzene ring substituents is 1. The second-order valence-corrected chi connectivity index (χ2v) is 7.90. The first-order chi connectivity index (χ1) is 16.1. The number of rotatable bonds is 8. The first-order valence-electron chi connectivity index (χ1n) is 10.00. The molecule has 0 saturated heterocycles. The molecule has 33 heavy (non-hydrogen) atoms. The Balaban J connectivity index is 1.43. The molecule has 0 aliphatic heterocycles. The Morgan fingerprint density at radius 2 is 1.73 bits per heavy atom. The number of non-ortho nitro benzene ring substituents is 1. The number of hydrogen-bond acceptors (Lipinski definition) is 6. The second-order valence-electron chi connectivity index (χ2n) is 6.93. The Kier molecular flexibility index (Phi) is 6.91. The van der Waals surface area contributed by atoms with Crippen LogP contribution in [0.1, 0.15) is 5.56 Å². The van der Waals surface area contributed by atoms with Gasteiger partial charge in [0, 0.05) is 28.8 Å². The van der Waals surface area contributed by atoms with E-state index in [2.05, 4.69) is 15.5 Å². The van der Waals surface area contributed by atoms with Crippen molar-refractivity contribution in [3.63, 3.8) is 0 Å². The maximum absolute atomic E-state index is 12.2. The average molecular weight is 458 g/mol. The highest BCUT2D eigenvalue weighted by Crippen LogP contribution is 2.32. The minimum absolute atomic E-state index is 0.0397. The molecule has 0 bridgehead atoms. The van der Waals surface area contributed by atoms with E-state index in [0.29, 0.717) is 10.7 Å². The molecular formula is C24H19N5O3S. The van der Waals surface area contributed by atoms with Gasteiger partial charge in [0.2, 0.25) is 0 Å². The van der Waals surface area contributed by atoms with E-state index in [9.17, 15) is 14.9 Å². The van der Waals surface area contributed by atoms with E-state index in [1.807, 2.05) is 60.7 Å². The molecule has 1 amide bonds. The summed E-state index contributed by atoms with van der Waals surface area (Å²) in [6.45, 7) is 0. The average Bonchev–Trinajstić information content (AvgIpc) is 3.28. The van der Waals surface area contributed by atoms with Gasteiger partial charge in [-0.1, -0.05) is 84.6 Å². The van der Waals surface area contributed by atoms with Crippen LogP contribution in [-0.4, -0.2) is 32.8 Å². The van der Waals surface area contributed by atoms with Gasteiger partial charge < -0.3 is 4.98 Å². The van der Waals surface area contributed by atoms with Gasteiger partial charge in [-0.15, -0.1) is 0 Å². The molecule has 0 spiro atoms. The van der Waals surface area contributed by atoms with Crippen molar-refractivity contribution in [1.82, 2.24) is 15.4 Å². The molecule has 4 rings (SSSR count). The van der Waals surface area contributed by atoms with Crippen molar-refractivity contribution >= 4 is 29.6 Å². The highest BCUT2D eigenvalue weighted by molar-refractivity contribution is 7.99. The minimum atomic E-state index is -0.483. The molecule has 0 radical (unpaired) electrons. The summed E-state index contributed by atoms with van der Waals surface area (Å²) in [5.74, 6) is -0.219. The zero-order valence-corrected chi connectivity index (χ0v) is 18.2. The molecule has 0 aliphatic carbocycles. The molecular weight excluding hydrogens is 438 g/mol. The van der Waals surface area contributed by atoms with Gasteiger partial charge in [-0.2, -0.15) is 5.10 Å². The number of aromatic nitrogens is 2. The third kappa shape index (κ3) is 5.72. The lowest BCUT2D eigenvalue weighted by atomic mass is 10.1. The fourth-order valence-electron chi connectivity index (χ4n) is 3.10. The standard InChI is InChI=1S/C24H19N5O3S/c30-21(28-25-15-17-8-7-13-20(14-17)29(31)32)16-33-24-26-22(18-9-3-1-4-10-18)23(27-24)19-11-5-2-6-12-19/h1-15H,16H2,(H,26,27)(H,28,30)/b25-15+. The van der Waals surface area contributed by atoms with Crippen LogP contribution in [0.5, 0.6) is 0 Å². The number of nitro groups is 1. The van der Waals surface area contributed by atoms with E-state index < -0.39 is 4.92 Å². The summed E-state index contributed by atoms with van der Waals surface area (Å²) in [6.07, 6.45) is 1.36. The Bertz CT molecular complexity index is 1230. The summed E-state index contributed by atoms with van der Waals surface area (Å²) in [4.78, 5) is 30.6. The molecule has 8 nitrogen and oxygen atoms in total. The molecule has 0 atom stereocenters. The second kappa shape index (κ2) is 10.4. The van der Waals surface area contributed by atoms with Gasteiger partial charge in [-0.25, -0.2) is 10.4 Å². The topological polar surface area (TPSA) is 113 Å². The molecule has 1 aromatic heterocycles. The number of H-pyrrole nitrogens is 1. The highest BCUT2D eigenvalue weighted by atomic mass is 32.2. The van der Waals surface area contributed by atoms with Crippen LogP contribution in [0, 0.1) is 10.1 Å². The number of nitrogens with one attached hydrogen (secondary N) is 2. The normalized spacial score (nSPS) is 10.9. The number of amides is 1. The Labute approximate surface area is 193 Å². The van der Waals surface area contributed by atoms with Crippen molar-refractivity contribution in [2.75, 3.05) is 5.75 Å². The summed E-state index contributed by atoms with van der Waals surface area (Å²) in [6, 6.07) is 25.7. The summed E-state index contributed by atoms with van der Waals surface area (Å²) in [7, 11) is 0. The predicted octanol–water partition coefficient (Wildman–Crippen LogP) is 4.89. The van der Waals surface area contributed by atoms with E-state index in [-0.39, 0.29) is 17.3 Å². The molecule has 0 aliphatic rings. The predicted molar refractivity (Wildman–Crippen MR) is 129 cm³/mol. The van der Waals surface area contributed by atoms with Crippen LogP contribution >= 0.6 is 11.8 Å². The summed E-state index contributed by atoms with van der Waals surface area (Å²) in [5.41, 5.74) is 6.59. The molecule has 3 aromatic carbocycles. The lowest BCUT2D eigenvalue weighted by Crippen LogP contribution is -2.19. The molecule has 1 heterocycles. The van der Waals surface area contributed by atoms with E-state index >= 15 is 0 Å². The minimum Gasteiger partial charge on any atom is -0.332 e. The summed E-state index contributed by atoms with van der Waals surface area (Å²) in [5, 5.41) is 15.3.